The first-order valence-electron chi connectivity index (χ1n) is 33.0. The molecule has 0 saturated heterocycles. The number of hydrogen-bond acceptors (Lipinski definition) is 7. The molecule has 0 bridgehead atoms. The van der Waals surface area contributed by atoms with Crippen LogP contribution in [-0.2, 0) is 27.9 Å². The van der Waals surface area contributed by atoms with Gasteiger partial charge in [0.05, 0.1) is 33.8 Å². The smallest absolute Gasteiger partial charge is 0.306 e. The fourth-order valence-electron chi connectivity index (χ4n) is 8.81. The van der Waals surface area contributed by atoms with Gasteiger partial charge in [0.2, 0.25) is 5.91 Å². The second-order valence-corrected chi connectivity index (χ2v) is 24.3. The summed E-state index contributed by atoms with van der Waals surface area (Å²) in [6.45, 7) is 6.58. The largest absolute Gasteiger partial charge is 0.756 e. The lowest BCUT2D eigenvalue weighted by atomic mass is 10.0. The summed E-state index contributed by atoms with van der Waals surface area (Å²) in [6.07, 6.45) is 85.6. The van der Waals surface area contributed by atoms with Crippen molar-refractivity contribution in [2.45, 2.75) is 270 Å². The topological polar surface area (TPSA) is 114 Å². The summed E-state index contributed by atoms with van der Waals surface area (Å²) >= 11 is 0. The molecule has 0 aliphatic carbocycles. The summed E-state index contributed by atoms with van der Waals surface area (Å²) in [5.41, 5.74) is 0. The zero-order valence-electron chi connectivity index (χ0n) is 53.4. The van der Waals surface area contributed by atoms with Crippen LogP contribution in [0.3, 0.4) is 0 Å². The third-order valence-corrected chi connectivity index (χ3v) is 14.8. The van der Waals surface area contributed by atoms with E-state index in [1.54, 1.807) is 0 Å². The Morgan fingerprint density at radius 2 is 0.780 bits per heavy atom. The van der Waals surface area contributed by atoms with Gasteiger partial charge in [-0.05, 0) is 122 Å². The van der Waals surface area contributed by atoms with Crippen molar-refractivity contribution in [2.24, 2.45) is 0 Å². The molecule has 0 aliphatic rings. The number of ether oxygens (including phenoxy) is 1. The van der Waals surface area contributed by atoms with Gasteiger partial charge in [0.25, 0.3) is 7.82 Å². The molecule has 1 amide bonds. The maximum atomic E-state index is 13.6. The number of phosphoric ester groups is 1. The summed E-state index contributed by atoms with van der Waals surface area (Å²) in [5, 5.41) is 3.02. The normalized spacial score (nSPS) is 14.5. The Morgan fingerprint density at radius 3 is 1.17 bits per heavy atom. The molecule has 9 nitrogen and oxygen atoms in total. The highest BCUT2D eigenvalue weighted by molar-refractivity contribution is 7.45. The van der Waals surface area contributed by atoms with Crippen LogP contribution in [0.25, 0.3) is 0 Å². The molecule has 82 heavy (non-hydrogen) atoms. The van der Waals surface area contributed by atoms with Crippen molar-refractivity contribution in [3.63, 3.8) is 0 Å². The zero-order valence-corrected chi connectivity index (χ0v) is 54.3. The van der Waals surface area contributed by atoms with E-state index in [-0.39, 0.29) is 31.3 Å². The fraction of sp³-hybridized carbons (Fsp3) is 0.667. The second kappa shape index (κ2) is 60.3. The van der Waals surface area contributed by atoms with E-state index in [1.165, 1.54) is 70.6 Å². The summed E-state index contributed by atoms with van der Waals surface area (Å²) in [6, 6.07) is -0.914. The van der Waals surface area contributed by atoms with Gasteiger partial charge in [0, 0.05) is 12.8 Å². The minimum absolute atomic E-state index is 0.0358. The average Bonchev–Trinajstić information content (AvgIpc) is 3.44. The molecule has 0 aromatic rings. The number of allylic oxidation sites excluding steroid dienone is 21. The molecule has 1 N–H and O–H groups in total. The van der Waals surface area contributed by atoms with Crippen LogP contribution in [0.5, 0.6) is 0 Å². The number of unbranched alkanes of at least 4 members (excludes halogenated alkanes) is 22. The van der Waals surface area contributed by atoms with E-state index in [9.17, 15) is 19.0 Å². The van der Waals surface area contributed by atoms with Crippen LogP contribution in [-0.4, -0.2) is 69.4 Å². The lowest BCUT2D eigenvalue weighted by molar-refractivity contribution is -0.870. The molecule has 0 heterocycles. The number of likely N-dealkylation sites (N-methyl/N-ethyl adjacent to an activating group) is 1. The predicted octanol–water partition coefficient (Wildman–Crippen LogP) is 20.2. The monoisotopic (exact) mass is 1160 g/mol. The Hall–Kier alpha value is -3.85. The van der Waals surface area contributed by atoms with Gasteiger partial charge < -0.3 is 28.5 Å². The Bertz CT molecular complexity index is 1860. The highest BCUT2D eigenvalue weighted by Crippen LogP contribution is 2.38. The van der Waals surface area contributed by atoms with E-state index in [2.05, 4.69) is 148 Å². The Morgan fingerprint density at radius 1 is 0.439 bits per heavy atom. The van der Waals surface area contributed by atoms with E-state index in [0.29, 0.717) is 23.9 Å². The standard InChI is InChI=1S/C72H123N2O7P/c1-7-10-13-16-19-22-25-28-30-32-34-36-37-39-41-43-45-47-50-53-56-59-62-65-72(76)81-70(63-60-57-54-51-48-27-24-21-18-15-12-9-3)69(68-80-82(77,78)79-67-66-74(4,5)6)73-71(75)64-61-58-55-52-49-46-44-42-40-38-35-33-31-29-26-23-20-17-14-11-8-2/h10-11,13-14,19-20,22-23,28-31,34-36,38-39,41-42,44,60,63,69-70H,7-9,12,15-18,21,24-27,32-33,37,40,43,45-59,61-62,64-68H2,1-6H3,(H-,73,75,77,78)/b13-10-,14-11-,22-19-,23-20-,30-28-,31-29-,36-34-,38-35-,41-39-,44-42-,63-60+. The first kappa shape index (κ1) is 78.1. The number of quaternary nitrogens is 1. The molecule has 0 saturated carbocycles. The number of rotatable bonds is 58. The number of nitrogens with one attached hydrogen (secondary N) is 1. The van der Waals surface area contributed by atoms with Crippen molar-refractivity contribution in [3.8, 4) is 0 Å². The zero-order chi connectivity index (χ0) is 60.0. The molecule has 0 spiro atoms. The van der Waals surface area contributed by atoms with Gasteiger partial charge in [0.15, 0.2) is 0 Å². The Labute approximate surface area is 505 Å². The molecule has 3 atom stereocenters. The van der Waals surface area contributed by atoms with Gasteiger partial charge in [-0.25, -0.2) is 0 Å². The highest BCUT2D eigenvalue weighted by Gasteiger charge is 2.27. The van der Waals surface area contributed by atoms with Crippen molar-refractivity contribution < 1.29 is 37.3 Å². The number of hydrogen-bond donors (Lipinski definition) is 1. The average molecular weight is 1160 g/mol. The lowest BCUT2D eigenvalue weighted by Crippen LogP contribution is -2.47. The van der Waals surface area contributed by atoms with Gasteiger partial charge in [-0.1, -0.05) is 258 Å². The van der Waals surface area contributed by atoms with Crippen molar-refractivity contribution >= 4 is 19.7 Å². The van der Waals surface area contributed by atoms with Crippen LogP contribution in [0.4, 0.5) is 0 Å². The molecular formula is C72H123N2O7P. The third kappa shape index (κ3) is 60.7. The van der Waals surface area contributed by atoms with Crippen LogP contribution in [0.2, 0.25) is 0 Å². The summed E-state index contributed by atoms with van der Waals surface area (Å²) < 4.78 is 30.4. The number of carbonyl (C=O) groups is 2. The molecule has 0 aromatic carbocycles. The molecule has 0 aromatic heterocycles. The second-order valence-electron chi connectivity index (χ2n) is 22.9. The minimum Gasteiger partial charge on any atom is -0.756 e. The molecule has 3 unspecified atom stereocenters. The maximum Gasteiger partial charge on any atom is 0.306 e. The fourth-order valence-corrected chi connectivity index (χ4v) is 9.53. The van der Waals surface area contributed by atoms with Gasteiger partial charge in [-0.15, -0.1) is 0 Å². The number of esters is 1. The Kier molecular flexibility index (Phi) is 57.4. The Balaban J connectivity index is 5.25. The lowest BCUT2D eigenvalue weighted by Gasteiger charge is -2.30. The molecule has 0 radical (unpaired) electrons. The number of phosphoric acid groups is 1. The molecular weight excluding hydrogens is 1040 g/mol. The van der Waals surface area contributed by atoms with Crippen LogP contribution in [0.15, 0.2) is 134 Å². The van der Waals surface area contributed by atoms with Gasteiger partial charge >= 0.3 is 5.97 Å². The number of carbonyl (C=O) groups excluding carboxylic acids is 2. The van der Waals surface area contributed by atoms with Gasteiger partial charge in [-0.2, -0.15) is 0 Å². The molecule has 10 heteroatoms. The molecule has 0 rings (SSSR count). The van der Waals surface area contributed by atoms with Crippen LogP contribution < -0.4 is 10.2 Å². The van der Waals surface area contributed by atoms with Crippen molar-refractivity contribution in [1.82, 2.24) is 5.32 Å². The van der Waals surface area contributed by atoms with Crippen molar-refractivity contribution in [2.75, 3.05) is 40.9 Å². The van der Waals surface area contributed by atoms with E-state index >= 15 is 0 Å². The summed E-state index contributed by atoms with van der Waals surface area (Å²) in [7, 11) is 1.14. The van der Waals surface area contributed by atoms with Crippen LogP contribution >= 0.6 is 7.82 Å². The number of nitrogens with zero attached hydrogens (tertiary/aromatic N) is 1. The van der Waals surface area contributed by atoms with Crippen molar-refractivity contribution in [1.29, 1.82) is 0 Å². The van der Waals surface area contributed by atoms with Crippen LogP contribution in [0.1, 0.15) is 258 Å². The van der Waals surface area contributed by atoms with Crippen molar-refractivity contribution in [3.05, 3.63) is 134 Å². The number of amides is 1. The molecule has 0 fully saturated rings. The first-order chi connectivity index (χ1) is 39.9. The van der Waals surface area contributed by atoms with E-state index in [1.807, 2.05) is 33.3 Å². The van der Waals surface area contributed by atoms with Crippen LogP contribution in [0, 0.1) is 0 Å². The van der Waals surface area contributed by atoms with Gasteiger partial charge in [0.1, 0.15) is 19.3 Å². The predicted molar refractivity (Wildman–Crippen MR) is 353 cm³/mol. The van der Waals surface area contributed by atoms with E-state index in [0.717, 1.165) is 141 Å². The SMILES string of the molecule is CC/C=C\C/C=C\C/C=C\C/C=C\C/C=C\CCCCCCCCCC(=O)OC(/C=C/CCCCCCCCCCCC)C(COP(=O)([O-])OCC[N+](C)(C)C)NC(=O)CCCCCCC/C=C\C/C=C\C/C=C\C/C=C\C/C=C\CC. The summed E-state index contributed by atoms with van der Waals surface area (Å²) in [4.78, 5) is 40.1. The highest BCUT2D eigenvalue weighted by atomic mass is 31.2. The van der Waals surface area contributed by atoms with E-state index < -0.39 is 26.6 Å². The minimum atomic E-state index is -4.72. The van der Waals surface area contributed by atoms with Gasteiger partial charge in [-0.3, -0.25) is 14.2 Å². The van der Waals surface area contributed by atoms with E-state index in [4.69, 9.17) is 13.8 Å². The quantitative estimate of drug-likeness (QED) is 0.0212. The third-order valence-electron chi connectivity index (χ3n) is 13.8. The molecule has 0 aliphatic heterocycles. The molecule has 468 valence electrons. The summed E-state index contributed by atoms with van der Waals surface area (Å²) in [5.74, 6) is -0.583. The first-order valence-corrected chi connectivity index (χ1v) is 34.5. The maximum absolute atomic E-state index is 13.6.